The molecule has 0 spiro atoms. The molecule has 2 rings (SSSR count). The van der Waals surface area contributed by atoms with Crippen molar-refractivity contribution in [3.05, 3.63) is 59.4 Å². The molecule has 1 aromatic heterocycles. The first-order valence-corrected chi connectivity index (χ1v) is 6.43. The van der Waals surface area contributed by atoms with E-state index >= 15 is 0 Å². The van der Waals surface area contributed by atoms with E-state index in [-0.39, 0.29) is 10.9 Å². The van der Waals surface area contributed by atoms with Gasteiger partial charge in [0.05, 0.1) is 0 Å². The highest BCUT2D eigenvalue weighted by atomic mass is 35.5. The maximum atomic E-state index is 9.12. The maximum absolute atomic E-state index is 9.12. The number of hydrogen-bond acceptors (Lipinski definition) is 3. The van der Waals surface area contributed by atoms with Crippen LogP contribution in [-0.2, 0) is 0 Å². The topological polar surface area (TPSA) is 69.5 Å². The number of thiocarbonyl (C=S) groups is 1. The van der Waals surface area contributed by atoms with Crippen molar-refractivity contribution in [3.8, 4) is 0 Å². The molecule has 0 amide bonds. The average Bonchev–Trinajstić information content (AvgIpc) is 2.48. The number of amidine groups is 1. The third-order valence-electron chi connectivity index (χ3n) is 2.37. The Hall–Kier alpha value is -2.02. The Morgan fingerprint density at radius 1 is 1.15 bits per heavy atom. The number of hydrogen-bond donors (Lipinski definition) is 3. The van der Waals surface area contributed by atoms with Crippen LogP contribution in [0.4, 0.5) is 5.69 Å². The number of aromatic nitrogens is 1. The molecule has 0 saturated heterocycles. The first kappa shape index (κ1) is 14.4. The van der Waals surface area contributed by atoms with Crippen LogP contribution in [0.5, 0.6) is 0 Å². The molecule has 1 aromatic carbocycles. The predicted molar refractivity (Wildman–Crippen MR) is 83.4 cm³/mol. The first-order chi connectivity index (χ1) is 9.69. The Kier molecular flexibility index (Phi) is 5.00. The van der Waals surface area contributed by atoms with E-state index in [9.17, 15) is 0 Å². The number of nitrogens with zero attached hydrogens (tertiary/aromatic N) is 2. The van der Waals surface area contributed by atoms with Crippen molar-refractivity contribution in [2.75, 3.05) is 5.32 Å². The zero-order valence-corrected chi connectivity index (χ0v) is 11.8. The van der Waals surface area contributed by atoms with Crippen LogP contribution >= 0.6 is 23.8 Å². The van der Waals surface area contributed by atoms with Crippen molar-refractivity contribution in [1.82, 2.24) is 10.5 Å². The van der Waals surface area contributed by atoms with Crippen LogP contribution in [-0.4, -0.2) is 21.1 Å². The Balaban J connectivity index is 2.12. The molecule has 0 fully saturated rings. The number of halogens is 1. The van der Waals surface area contributed by atoms with Crippen molar-refractivity contribution in [2.45, 2.75) is 0 Å². The Bertz CT molecular complexity index is 616. The molecule has 0 aliphatic rings. The van der Waals surface area contributed by atoms with Gasteiger partial charge < -0.3 is 5.32 Å². The lowest BCUT2D eigenvalue weighted by atomic mass is 10.2. The number of anilines is 1. The zero-order valence-electron chi connectivity index (χ0n) is 10.2. The summed E-state index contributed by atoms with van der Waals surface area (Å²) < 4.78 is 0. The lowest BCUT2D eigenvalue weighted by molar-refractivity contribution is 0.235. The summed E-state index contributed by atoms with van der Waals surface area (Å²) in [7, 11) is 0. The van der Waals surface area contributed by atoms with Crippen LogP contribution in [0.1, 0.15) is 5.56 Å². The minimum absolute atomic E-state index is 0.209. The van der Waals surface area contributed by atoms with E-state index in [1.54, 1.807) is 48.8 Å². The molecule has 102 valence electrons. The van der Waals surface area contributed by atoms with E-state index in [4.69, 9.17) is 29.0 Å². The summed E-state index contributed by atoms with van der Waals surface area (Å²) in [6, 6.07) is 10.4. The van der Waals surface area contributed by atoms with Gasteiger partial charge in [-0.05, 0) is 48.6 Å². The highest BCUT2D eigenvalue weighted by Gasteiger charge is 2.03. The molecule has 0 radical (unpaired) electrons. The van der Waals surface area contributed by atoms with E-state index in [0.29, 0.717) is 10.6 Å². The van der Waals surface area contributed by atoms with Gasteiger partial charge in [0.25, 0.3) is 0 Å². The quantitative estimate of drug-likeness (QED) is 0.344. The number of aliphatic imine (C=N–C) groups is 1. The smallest absolute Gasteiger partial charge is 0.199 e. The number of hydroxylamine groups is 1. The largest absolute Gasteiger partial charge is 0.331 e. The second-order valence-electron chi connectivity index (χ2n) is 3.75. The lowest BCUT2D eigenvalue weighted by Gasteiger charge is -2.07. The second-order valence-corrected chi connectivity index (χ2v) is 4.57. The third kappa shape index (κ3) is 3.99. The first-order valence-electron chi connectivity index (χ1n) is 5.65. The van der Waals surface area contributed by atoms with Gasteiger partial charge in [0.15, 0.2) is 10.9 Å². The Morgan fingerprint density at radius 3 is 2.40 bits per heavy atom. The van der Waals surface area contributed by atoms with Gasteiger partial charge in [0.2, 0.25) is 0 Å². The van der Waals surface area contributed by atoms with E-state index in [1.807, 2.05) is 5.48 Å². The molecule has 0 aliphatic carbocycles. The fraction of sp³-hybridized carbons (Fsp3) is 0. The summed E-state index contributed by atoms with van der Waals surface area (Å²) in [5.41, 5.74) is 3.45. The molecular formula is C13H11ClN4OS. The third-order valence-corrected chi connectivity index (χ3v) is 2.81. The summed E-state index contributed by atoms with van der Waals surface area (Å²) in [6.07, 6.45) is 3.19. The molecule has 0 saturated carbocycles. The molecule has 2 aromatic rings. The summed E-state index contributed by atoms with van der Waals surface area (Å²) >= 11 is 10.9. The van der Waals surface area contributed by atoms with Gasteiger partial charge in [0, 0.05) is 28.7 Å². The SMILES string of the molecule is ON/C(=N\C(=S)Nc1ccc(Cl)cc1)c1ccncc1. The fourth-order valence-electron chi connectivity index (χ4n) is 1.45. The average molecular weight is 307 g/mol. The van der Waals surface area contributed by atoms with Crippen LogP contribution in [0.3, 0.4) is 0 Å². The maximum Gasteiger partial charge on any atom is 0.199 e. The standard InChI is InChI=1S/C13H11ClN4OS/c14-10-1-3-11(4-2-10)16-13(20)17-12(18-19)9-5-7-15-8-6-9/h1-8,19H,(H2,16,17,18,20). The normalized spacial score (nSPS) is 11.0. The Labute approximate surface area is 126 Å². The van der Waals surface area contributed by atoms with Gasteiger partial charge in [0.1, 0.15) is 0 Å². The molecule has 7 heteroatoms. The highest BCUT2D eigenvalue weighted by Crippen LogP contribution is 2.13. The van der Waals surface area contributed by atoms with E-state index in [0.717, 1.165) is 5.69 Å². The number of rotatable bonds is 2. The van der Waals surface area contributed by atoms with Crippen LogP contribution in [0, 0.1) is 0 Å². The van der Waals surface area contributed by atoms with Crippen molar-refractivity contribution in [2.24, 2.45) is 4.99 Å². The van der Waals surface area contributed by atoms with Crippen LogP contribution in [0.25, 0.3) is 0 Å². The van der Waals surface area contributed by atoms with E-state index < -0.39 is 0 Å². The lowest BCUT2D eigenvalue weighted by Crippen LogP contribution is -2.23. The minimum Gasteiger partial charge on any atom is -0.331 e. The van der Waals surface area contributed by atoms with Crippen molar-refractivity contribution in [3.63, 3.8) is 0 Å². The van der Waals surface area contributed by atoms with Crippen LogP contribution < -0.4 is 10.8 Å². The number of nitrogens with one attached hydrogen (secondary N) is 2. The number of benzene rings is 1. The molecule has 0 bridgehead atoms. The number of pyridine rings is 1. The van der Waals surface area contributed by atoms with Crippen LogP contribution in [0.2, 0.25) is 5.02 Å². The second kappa shape index (κ2) is 6.95. The molecule has 0 aliphatic heterocycles. The molecule has 1 heterocycles. The molecule has 5 nitrogen and oxygen atoms in total. The van der Waals surface area contributed by atoms with Crippen molar-refractivity contribution in [1.29, 1.82) is 0 Å². The predicted octanol–water partition coefficient (Wildman–Crippen LogP) is 2.86. The molecule has 0 unspecified atom stereocenters. The van der Waals surface area contributed by atoms with Crippen LogP contribution in [0.15, 0.2) is 53.8 Å². The summed E-state index contributed by atoms with van der Waals surface area (Å²) in [5, 5.41) is 12.9. The van der Waals surface area contributed by atoms with Crippen molar-refractivity contribution >= 4 is 40.5 Å². The Morgan fingerprint density at radius 2 is 1.80 bits per heavy atom. The van der Waals surface area contributed by atoms with Gasteiger partial charge in [-0.1, -0.05) is 11.6 Å². The highest BCUT2D eigenvalue weighted by molar-refractivity contribution is 7.80. The van der Waals surface area contributed by atoms with Gasteiger partial charge in [-0.3, -0.25) is 15.7 Å². The van der Waals surface area contributed by atoms with Gasteiger partial charge in [-0.2, -0.15) is 0 Å². The van der Waals surface area contributed by atoms with Gasteiger partial charge >= 0.3 is 0 Å². The minimum atomic E-state index is 0.209. The summed E-state index contributed by atoms with van der Waals surface area (Å²) in [5.74, 6) is 0.235. The monoisotopic (exact) mass is 306 g/mol. The molecule has 20 heavy (non-hydrogen) atoms. The molecule has 3 N–H and O–H groups in total. The van der Waals surface area contributed by atoms with Gasteiger partial charge in [-0.25, -0.2) is 4.99 Å². The molecule has 0 atom stereocenters. The summed E-state index contributed by atoms with van der Waals surface area (Å²) in [4.78, 5) is 7.99. The van der Waals surface area contributed by atoms with E-state index in [2.05, 4.69) is 15.3 Å². The van der Waals surface area contributed by atoms with Gasteiger partial charge in [-0.15, -0.1) is 0 Å². The van der Waals surface area contributed by atoms with E-state index in [1.165, 1.54) is 0 Å². The molecular weight excluding hydrogens is 296 g/mol. The van der Waals surface area contributed by atoms with Crippen molar-refractivity contribution < 1.29 is 5.21 Å². The zero-order chi connectivity index (χ0) is 14.4. The summed E-state index contributed by atoms with van der Waals surface area (Å²) in [6.45, 7) is 0. The fourth-order valence-corrected chi connectivity index (χ4v) is 1.79.